The normalized spacial score (nSPS) is 13.2. The fraction of sp³-hybridized carbons (Fsp3) is 0.316. The Kier molecular flexibility index (Phi) is 4.14. The number of fused-ring (bicyclic) bond motifs is 1. The highest BCUT2D eigenvalue weighted by Crippen LogP contribution is 2.27. The molecule has 3 heteroatoms. The van der Waals surface area contributed by atoms with E-state index in [1.165, 1.54) is 5.56 Å². The largest absolute Gasteiger partial charge is 0.385 e. The van der Waals surface area contributed by atoms with E-state index in [0.717, 1.165) is 53.9 Å². The minimum Gasteiger partial charge on any atom is -0.385 e. The molecule has 0 aliphatic carbocycles. The second kappa shape index (κ2) is 6.22. The Morgan fingerprint density at radius 2 is 2.05 bits per heavy atom. The highest BCUT2D eigenvalue weighted by molar-refractivity contribution is 6.07. The monoisotopic (exact) mass is 294 g/mol. The average Bonchev–Trinajstić information content (AvgIpc) is 2.56. The summed E-state index contributed by atoms with van der Waals surface area (Å²) in [7, 11) is 0. The van der Waals surface area contributed by atoms with Crippen molar-refractivity contribution in [2.24, 2.45) is 0 Å². The molecule has 2 aromatic rings. The molecule has 0 saturated heterocycles. The van der Waals surface area contributed by atoms with Gasteiger partial charge in [0.05, 0.1) is 0 Å². The van der Waals surface area contributed by atoms with E-state index in [9.17, 15) is 4.79 Å². The van der Waals surface area contributed by atoms with Crippen molar-refractivity contribution in [3.05, 3.63) is 58.7 Å². The summed E-state index contributed by atoms with van der Waals surface area (Å²) >= 11 is 0. The first kappa shape index (κ1) is 14.6. The van der Waals surface area contributed by atoms with Gasteiger partial charge in [0.15, 0.2) is 0 Å². The van der Waals surface area contributed by atoms with E-state index in [-0.39, 0.29) is 5.91 Å². The quantitative estimate of drug-likeness (QED) is 0.892. The van der Waals surface area contributed by atoms with Crippen molar-refractivity contribution in [2.45, 2.75) is 33.1 Å². The molecule has 0 saturated carbocycles. The molecule has 114 valence electrons. The zero-order valence-corrected chi connectivity index (χ0v) is 13.2. The molecule has 3 rings (SSSR count). The number of benzene rings is 2. The summed E-state index contributed by atoms with van der Waals surface area (Å²) in [6, 6.07) is 12.1. The first-order chi connectivity index (χ1) is 10.7. The van der Waals surface area contributed by atoms with Gasteiger partial charge in [0, 0.05) is 23.5 Å². The van der Waals surface area contributed by atoms with Crippen molar-refractivity contribution in [3.63, 3.8) is 0 Å². The third kappa shape index (κ3) is 2.71. The van der Waals surface area contributed by atoms with Gasteiger partial charge >= 0.3 is 0 Å². The molecule has 0 radical (unpaired) electrons. The van der Waals surface area contributed by atoms with Gasteiger partial charge in [-0.05, 0) is 55.0 Å². The van der Waals surface area contributed by atoms with E-state index >= 15 is 0 Å². The Morgan fingerprint density at radius 3 is 2.86 bits per heavy atom. The molecule has 2 aromatic carbocycles. The smallest absolute Gasteiger partial charge is 0.256 e. The van der Waals surface area contributed by atoms with Gasteiger partial charge in [0.25, 0.3) is 5.91 Å². The van der Waals surface area contributed by atoms with E-state index in [4.69, 9.17) is 0 Å². The lowest BCUT2D eigenvalue weighted by atomic mass is 9.96. The lowest BCUT2D eigenvalue weighted by Crippen LogP contribution is -2.20. The van der Waals surface area contributed by atoms with Crippen molar-refractivity contribution in [1.82, 2.24) is 0 Å². The summed E-state index contributed by atoms with van der Waals surface area (Å²) < 4.78 is 0. The first-order valence-electron chi connectivity index (χ1n) is 7.96. The number of carbonyl (C=O) groups excluding carboxylic acids is 1. The highest BCUT2D eigenvalue weighted by atomic mass is 16.1. The molecule has 0 atom stereocenters. The van der Waals surface area contributed by atoms with Crippen LogP contribution in [0.4, 0.5) is 11.4 Å². The van der Waals surface area contributed by atoms with Crippen LogP contribution in [-0.2, 0) is 12.8 Å². The van der Waals surface area contributed by atoms with Crippen LogP contribution in [0.15, 0.2) is 36.4 Å². The zero-order valence-electron chi connectivity index (χ0n) is 13.2. The summed E-state index contributed by atoms with van der Waals surface area (Å²) in [6.07, 6.45) is 2.94. The van der Waals surface area contributed by atoms with Gasteiger partial charge < -0.3 is 10.6 Å². The molecule has 3 nitrogen and oxygen atoms in total. The molecular formula is C19H22N2O. The van der Waals surface area contributed by atoms with Crippen LogP contribution in [0, 0.1) is 6.92 Å². The fourth-order valence-electron chi connectivity index (χ4n) is 3.11. The van der Waals surface area contributed by atoms with Crippen molar-refractivity contribution < 1.29 is 4.79 Å². The number of rotatable bonds is 3. The Balaban J connectivity index is 1.93. The Hall–Kier alpha value is -2.29. The zero-order chi connectivity index (χ0) is 15.5. The molecule has 2 N–H and O–H groups in total. The fourth-order valence-corrected chi connectivity index (χ4v) is 3.11. The molecule has 0 aromatic heterocycles. The number of para-hydroxylation sites is 1. The highest BCUT2D eigenvalue weighted by Gasteiger charge is 2.18. The molecule has 0 fully saturated rings. The molecule has 22 heavy (non-hydrogen) atoms. The number of amides is 1. The van der Waals surface area contributed by atoms with E-state index < -0.39 is 0 Å². The summed E-state index contributed by atoms with van der Waals surface area (Å²) in [5.41, 5.74) is 6.26. The van der Waals surface area contributed by atoms with E-state index in [1.807, 2.05) is 31.2 Å². The number of nitrogens with one attached hydrogen (secondary N) is 2. The van der Waals surface area contributed by atoms with Crippen LogP contribution >= 0.6 is 0 Å². The summed E-state index contributed by atoms with van der Waals surface area (Å²) in [6.45, 7) is 5.13. The maximum atomic E-state index is 12.8. The molecule has 1 amide bonds. The Bertz CT molecular complexity index is 707. The average molecular weight is 294 g/mol. The van der Waals surface area contributed by atoms with Gasteiger partial charge in [-0.15, -0.1) is 0 Å². The SMILES string of the molecule is CCc1cccc(C)c1NC(=O)c1cccc2c1CCCN2. The van der Waals surface area contributed by atoms with Crippen LogP contribution < -0.4 is 10.6 Å². The molecule has 0 unspecified atom stereocenters. The molecule has 0 spiro atoms. The minimum atomic E-state index is -0.00968. The predicted molar refractivity (Wildman–Crippen MR) is 91.8 cm³/mol. The maximum absolute atomic E-state index is 12.8. The second-order valence-corrected chi connectivity index (χ2v) is 5.78. The van der Waals surface area contributed by atoms with Crippen LogP contribution in [0.2, 0.25) is 0 Å². The standard InChI is InChI=1S/C19H22N2O/c1-3-14-8-4-7-13(2)18(14)21-19(22)16-9-5-11-17-15(16)10-6-12-20-17/h4-5,7-9,11,20H,3,6,10,12H2,1-2H3,(H,21,22). The topological polar surface area (TPSA) is 41.1 Å². The number of carbonyl (C=O) groups is 1. The summed E-state index contributed by atoms with van der Waals surface area (Å²) in [5, 5.41) is 6.51. The molecule has 1 aliphatic rings. The molecule has 1 heterocycles. The number of hydrogen-bond donors (Lipinski definition) is 2. The minimum absolute atomic E-state index is 0.00968. The maximum Gasteiger partial charge on any atom is 0.256 e. The molecule has 0 bridgehead atoms. The van der Waals surface area contributed by atoms with Crippen molar-refractivity contribution >= 4 is 17.3 Å². The number of aryl methyl sites for hydroxylation is 2. The third-order valence-electron chi connectivity index (χ3n) is 4.32. The van der Waals surface area contributed by atoms with Crippen molar-refractivity contribution in [3.8, 4) is 0 Å². The van der Waals surface area contributed by atoms with Crippen LogP contribution in [0.5, 0.6) is 0 Å². The third-order valence-corrected chi connectivity index (χ3v) is 4.32. The Labute approximate surface area is 131 Å². The Morgan fingerprint density at radius 1 is 1.23 bits per heavy atom. The lowest BCUT2D eigenvalue weighted by Gasteiger charge is -2.21. The predicted octanol–water partition coefficient (Wildman–Crippen LogP) is 4.17. The first-order valence-corrected chi connectivity index (χ1v) is 7.96. The molecule has 1 aliphatic heterocycles. The van der Waals surface area contributed by atoms with Gasteiger partial charge in [0.2, 0.25) is 0 Å². The van der Waals surface area contributed by atoms with Gasteiger partial charge in [-0.2, -0.15) is 0 Å². The van der Waals surface area contributed by atoms with Gasteiger partial charge in [-0.1, -0.05) is 31.2 Å². The van der Waals surface area contributed by atoms with E-state index in [0.29, 0.717) is 0 Å². The van der Waals surface area contributed by atoms with E-state index in [2.05, 4.69) is 29.7 Å². The molecular weight excluding hydrogens is 272 g/mol. The second-order valence-electron chi connectivity index (χ2n) is 5.78. The van der Waals surface area contributed by atoms with Gasteiger partial charge in [-0.3, -0.25) is 4.79 Å². The summed E-state index contributed by atoms with van der Waals surface area (Å²) in [4.78, 5) is 12.8. The van der Waals surface area contributed by atoms with Crippen LogP contribution in [0.1, 0.15) is 40.4 Å². The number of hydrogen-bond acceptors (Lipinski definition) is 2. The van der Waals surface area contributed by atoms with Crippen molar-refractivity contribution in [2.75, 3.05) is 17.2 Å². The number of anilines is 2. The van der Waals surface area contributed by atoms with Crippen LogP contribution in [0.3, 0.4) is 0 Å². The van der Waals surface area contributed by atoms with Crippen LogP contribution in [-0.4, -0.2) is 12.5 Å². The van der Waals surface area contributed by atoms with Gasteiger partial charge in [0.1, 0.15) is 0 Å². The lowest BCUT2D eigenvalue weighted by molar-refractivity contribution is 0.102. The van der Waals surface area contributed by atoms with Crippen LogP contribution in [0.25, 0.3) is 0 Å². The van der Waals surface area contributed by atoms with E-state index in [1.54, 1.807) is 0 Å². The summed E-state index contributed by atoms with van der Waals surface area (Å²) in [5.74, 6) is -0.00968. The van der Waals surface area contributed by atoms with Crippen molar-refractivity contribution in [1.29, 1.82) is 0 Å². The van der Waals surface area contributed by atoms with Gasteiger partial charge in [-0.25, -0.2) is 0 Å².